The first kappa shape index (κ1) is 17.6. The summed E-state index contributed by atoms with van der Waals surface area (Å²) in [5.41, 5.74) is -0.167. The van der Waals surface area contributed by atoms with Crippen LogP contribution in [0.4, 0.5) is 8.78 Å². The number of carbonyl (C=O) groups excluding carboxylic acids is 1. The summed E-state index contributed by atoms with van der Waals surface area (Å²) in [6.07, 6.45) is 0.830. The first-order chi connectivity index (χ1) is 10.1. The third kappa shape index (κ3) is 4.38. The number of hydrogen-bond donors (Lipinski definition) is 2. The lowest BCUT2D eigenvalue weighted by Gasteiger charge is -2.45. The Morgan fingerprint density at radius 1 is 1.32 bits per heavy atom. The van der Waals surface area contributed by atoms with Crippen LogP contribution in [-0.2, 0) is 4.79 Å². The van der Waals surface area contributed by atoms with Crippen molar-refractivity contribution < 1.29 is 13.6 Å². The van der Waals surface area contributed by atoms with Crippen molar-refractivity contribution >= 4 is 5.91 Å². The molecule has 0 bridgehead atoms. The van der Waals surface area contributed by atoms with E-state index in [1.54, 1.807) is 0 Å². The van der Waals surface area contributed by atoms with E-state index in [9.17, 15) is 13.6 Å². The molecule has 0 aromatic rings. The van der Waals surface area contributed by atoms with Gasteiger partial charge in [0.15, 0.2) is 0 Å². The molecule has 2 aliphatic heterocycles. The van der Waals surface area contributed by atoms with Crippen LogP contribution < -0.4 is 10.6 Å². The van der Waals surface area contributed by atoms with Gasteiger partial charge < -0.3 is 5.32 Å². The van der Waals surface area contributed by atoms with E-state index in [-0.39, 0.29) is 11.4 Å². The van der Waals surface area contributed by atoms with Crippen molar-refractivity contribution in [2.75, 3.05) is 26.2 Å². The number of amides is 1. The van der Waals surface area contributed by atoms with Crippen LogP contribution in [0.15, 0.2) is 0 Å². The molecule has 0 spiro atoms. The number of nitrogens with one attached hydrogen (secondary N) is 2. The number of alkyl halides is 2. The fraction of sp³-hybridized carbons (Fsp3) is 0.938. The van der Waals surface area contributed by atoms with Crippen LogP contribution in [0.2, 0.25) is 0 Å². The predicted molar refractivity (Wildman–Crippen MR) is 83.0 cm³/mol. The molecule has 128 valence electrons. The standard InChI is InChI=1S/C16H29F2N3O/c1-11-5-12(2)8-21(7-11)15(3,4)9-20-14(22)13-6-16(17,18)10-19-13/h11-13,19H,5-10H2,1-4H3,(H,20,22). The Balaban J connectivity index is 1.85. The van der Waals surface area contributed by atoms with Gasteiger partial charge in [0.1, 0.15) is 0 Å². The van der Waals surface area contributed by atoms with Crippen molar-refractivity contribution in [3.05, 3.63) is 0 Å². The van der Waals surface area contributed by atoms with E-state index in [4.69, 9.17) is 0 Å². The topological polar surface area (TPSA) is 44.4 Å². The van der Waals surface area contributed by atoms with Crippen LogP contribution in [0.1, 0.15) is 40.5 Å². The van der Waals surface area contributed by atoms with Gasteiger partial charge in [-0.25, -0.2) is 8.78 Å². The summed E-state index contributed by atoms with van der Waals surface area (Å²) in [5, 5.41) is 5.45. The van der Waals surface area contributed by atoms with Crippen molar-refractivity contribution in [3.8, 4) is 0 Å². The highest BCUT2D eigenvalue weighted by molar-refractivity contribution is 5.82. The van der Waals surface area contributed by atoms with Gasteiger partial charge in [-0.3, -0.25) is 15.0 Å². The SMILES string of the molecule is CC1CC(C)CN(C(C)(C)CNC(=O)C2CC(F)(F)CN2)C1. The van der Waals surface area contributed by atoms with Crippen molar-refractivity contribution in [2.45, 2.75) is 58.0 Å². The third-order valence-electron chi connectivity index (χ3n) is 4.85. The summed E-state index contributed by atoms with van der Waals surface area (Å²) < 4.78 is 26.3. The van der Waals surface area contributed by atoms with E-state index >= 15 is 0 Å². The molecule has 2 rings (SSSR count). The molecule has 2 aliphatic rings. The minimum absolute atomic E-state index is 0.167. The van der Waals surface area contributed by atoms with E-state index in [0.29, 0.717) is 18.4 Å². The normalized spacial score (nSPS) is 32.9. The van der Waals surface area contributed by atoms with Crippen LogP contribution in [0.3, 0.4) is 0 Å². The fourth-order valence-electron chi connectivity index (χ4n) is 3.60. The molecule has 4 nitrogen and oxygen atoms in total. The molecule has 0 saturated carbocycles. The largest absolute Gasteiger partial charge is 0.353 e. The van der Waals surface area contributed by atoms with Gasteiger partial charge in [0.05, 0.1) is 12.6 Å². The Hall–Kier alpha value is -0.750. The molecular formula is C16H29F2N3O. The van der Waals surface area contributed by atoms with Gasteiger partial charge in [-0.1, -0.05) is 13.8 Å². The molecule has 2 heterocycles. The maximum absolute atomic E-state index is 13.2. The maximum atomic E-state index is 13.2. The van der Waals surface area contributed by atoms with Crippen LogP contribution in [0.25, 0.3) is 0 Å². The molecule has 3 atom stereocenters. The number of nitrogens with zero attached hydrogens (tertiary/aromatic N) is 1. The fourth-order valence-corrected chi connectivity index (χ4v) is 3.60. The number of carbonyl (C=O) groups is 1. The van der Waals surface area contributed by atoms with Gasteiger partial charge in [0.2, 0.25) is 5.91 Å². The molecule has 0 aliphatic carbocycles. The van der Waals surface area contributed by atoms with Gasteiger partial charge >= 0.3 is 0 Å². The molecule has 2 N–H and O–H groups in total. The van der Waals surface area contributed by atoms with E-state index in [2.05, 4.69) is 43.2 Å². The van der Waals surface area contributed by atoms with Gasteiger partial charge in [-0.2, -0.15) is 0 Å². The molecule has 22 heavy (non-hydrogen) atoms. The Morgan fingerprint density at radius 3 is 2.41 bits per heavy atom. The summed E-state index contributed by atoms with van der Waals surface area (Å²) in [5.74, 6) is -1.79. The van der Waals surface area contributed by atoms with Crippen LogP contribution in [0, 0.1) is 11.8 Å². The lowest BCUT2D eigenvalue weighted by Crippen LogP contribution is -2.57. The molecule has 2 saturated heterocycles. The zero-order chi connectivity index (χ0) is 16.5. The summed E-state index contributed by atoms with van der Waals surface area (Å²) in [6.45, 7) is 10.8. The van der Waals surface area contributed by atoms with Crippen molar-refractivity contribution in [2.24, 2.45) is 11.8 Å². The number of rotatable bonds is 4. The highest BCUT2D eigenvalue weighted by atomic mass is 19.3. The zero-order valence-electron chi connectivity index (χ0n) is 14.1. The molecular weight excluding hydrogens is 288 g/mol. The second-order valence-corrected chi connectivity index (χ2v) is 7.87. The monoisotopic (exact) mass is 317 g/mol. The summed E-state index contributed by atoms with van der Waals surface area (Å²) in [4.78, 5) is 14.5. The van der Waals surface area contributed by atoms with Crippen molar-refractivity contribution in [1.29, 1.82) is 0 Å². The highest BCUT2D eigenvalue weighted by Crippen LogP contribution is 2.27. The Bertz CT molecular complexity index is 404. The summed E-state index contributed by atoms with van der Waals surface area (Å²) in [7, 11) is 0. The zero-order valence-corrected chi connectivity index (χ0v) is 14.1. The predicted octanol–water partition coefficient (Wildman–Crippen LogP) is 1.86. The molecule has 0 radical (unpaired) electrons. The van der Waals surface area contributed by atoms with Crippen molar-refractivity contribution in [3.63, 3.8) is 0 Å². The highest BCUT2D eigenvalue weighted by Gasteiger charge is 2.42. The van der Waals surface area contributed by atoms with Crippen LogP contribution in [-0.4, -0.2) is 54.5 Å². The first-order valence-electron chi connectivity index (χ1n) is 8.23. The van der Waals surface area contributed by atoms with Gasteiger partial charge in [0, 0.05) is 31.6 Å². The smallest absolute Gasteiger partial charge is 0.262 e. The third-order valence-corrected chi connectivity index (χ3v) is 4.85. The average molecular weight is 317 g/mol. The quantitative estimate of drug-likeness (QED) is 0.832. The van der Waals surface area contributed by atoms with Crippen LogP contribution >= 0.6 is 0 Å². The number of hydrogen-bond acceptors (Lipinski definition) is 3. The second-order valence-electron chi connectivity index (χ2n) is 7.87. The first-order valence-corrected chi connectivity index (χ1v) is 8.23. The van der Waals surface area contributed by atoms with Crippen molar-refractivity contribution in [1.82, 2.24) is 15.5 Å². The number of likely N-dealkylation sites (tertiary alicyclic amines) is 1. The Kier molecular flexibility index (Phi) is 5.12. The van der Waals surface area contributed by atoms with Gasteiger partial charge in [-0.15, -0.1) is 0 Å². The molecule has 1 amide bonds. The van der Waals surface area contributed by atoms with E-state index in [1.807, 2.05) is 0 Å². The Morgan fingerprint density at radius 2 is 1.91 bits per heavy atom. The minimum atomic E-state index is -2.77. The summed E-state index contributed by atoms with van der Waals surface area (Å²) in [6, 6.07) is -0.773. The van der Waals surface area contributed by atoms with E-state index in [1.165, 1.54) is 6.42 Å². The van der Waals surface area contributed by atoms with Crippen LogP contribution in [0.5, 0.6) is 0 Å². The minimum Gasteiger partial charge on any atom is -0.353 e. The number of halogens is 2. The molecule has 0 aromatic heterocycles. The molecule has 0 aromatic carbocycles. The molecule has 3 unspecified atom stereocenters. The lowest BCUT2D eigenvalue weighted by molar-refractivity contribution is -0.124. The van der Waals surface area contributed by atoms with Gasteiger partial charge in [0.25, 0.3) is 5.92 Å². The van der Waals surface area contributed by atoms with Gasteiger partial charge in [-0.05, 0) is 32.1 Å². The summed E-state index contributed by atoms with van der Waals surface area (Å²) >= 11 is 0. The molecule has 2 fully saturated rings. The maximum Gasteiger partial charge on any atom is 0.262 e. The van der Waals surface area contributed by atoms with E-state index in [0.717, 1.165) is 13.1 Å². The second kappa shape index (κ2) is 6.40. The average Bonchev–Trinajstić information content (AvgIpc) is 2.75. The van der Waals surface area contributed by atoms with E-state index < -0.39 is 24.9 Å². The number of piperidine rings is 1. The molecule has 6 heteroatoms. The Labute approximate surface area is 132 Å². The lowest BCUT2D eigenvalue weighted by atomic mass is 9.88.